The van der Waals surface area contributed by atoms with Gasteiger partial charge in [-0.3, -0.25) is 4.79 Å². The Labute approximate surface area is 108 Å². The van der Waals surface area contributed by atoms with E-state index in [-0.39, 0.29) is 5.91 Å². The topological polar surface area (TPSA) is 46.3 Å². The number of hydrogen-bond donors (Lipinski definition) is 1. The van der Waals surface area contributed by atoms with Gasteiger partial charge in [-0.25, -0.2) is 0 Å². The van der Waals surface area contributed by atoms with Crippen LogP contribution in [0.2, 0.25) is 0 Å². The number of rotatable bonds is 2. The van der Waals surface area contributed by atoms with Crippen molar-refractivity contribution in [3.63, 3.8) is 0 Å². The third-order valence-corrected chi connectivity index (χ3v) is 3.07. The number of nitrogens with zero attached hydrogens (tertiary/aromatic N) is 1. The number of nitrogens with two attached hydrogens (primary N) is 1. The standard InChI is InChI=1S/C15H18N2O/c1-12-9-15(18)17(10-12)11-14-6-4-13(5-7-14)3-2-8-16/h4-7,12H,8-11,16H2,1H3. The molecule has 1 atom stereocenters. The van der Waals surface area contributed by atoms with E-state index in [1.807, 2.05) is 29.2 Å². The Morgan fingerprint density at radius 2 is 2.11 bits per heavy atom. The largest absolute Gasteiger partial charge is 0.338 e. The van der Waals surface area contributed by atoms with E-state index in [4.69, 9.17) is 5.73 Å². The summed E-state index contributed by atoms with van der Waals surface area (Å²) in [4.78, 5) is 13.6. The van der Waals surface area contributed by atoms with Crippen LogP contribution in [0, 0.1) is 17.8 Å². The molecule has 1 unspecified atom stereocenters. The Morgan fingerprint density at radius 1 is 1.39 bits per heavy atom. The molecular weight excluding hydrogens is 224 g/mol. The van der Waals surface area contributed by atoms with E-state index in [0.29, 0.717) is 25.4 Å². The molecule has 1 aromatic rings. The number of hydrogen-bond acceptors (Lipinski definition) is 2. The van der Waals surface area contributed by atoms with Crippen molar-refractivity contribution in [1.82, 2.24) is 4.90 Å². The molecule has 0 saturated carbocycles. The fourth-order valence-electron chi connectivity index (χ4n) is 2.19. The van der Waals surface area contributed by atoms with E-state index in [9.17, 15) is 4.79 Å². The molecule has 2 rings (SSSR count). The van der Waals surface area contributed by atoms with Crippen molar-refractivity contribution in [2.45, 2.75) is 19.9 Å². The maximum absolute atomic E-state index is 11.7. The second kappa shape index (κ2) is 5.70. The number of carbonyl (C=O) groups excluding carboxylic acids is 1. The highest BCUT2D eigenvalue weighted by molar-refractivity contribution is 5.78. The van der Waals surface area contributed by atoms with Gasteiger partial charge in [-0.15, -0.1) is 0 Å². The molecule has 0 aliphatic carbocycles. The van der Waals surface area contributed by atoms with Gasteiger partial charge in [0.2, 0.25) is 5.91 Å². The van der Waals surface area contributed by atoms with Gasteiger partial charge < -0.3 is 10.6 Å². The molecule has 0 spiro atoms. The normalized spacial score (nSPS) is 18.7. The molecule has 1 aromatic carbocycles. The van der Waals surface area contributed by atoms with E-state index in [1.165, 1.54) is 0 Å². The van der Waals surface area contributed by atoms with Crippen LogP contribution in [-0.4, -0.2) is 23.9 Å². The fraction of sp³-hybridized carbons (Fsp3) is 0.400. The van der Waals surface area contributed by atoms with Gasteiger partial charge in [0.15, 0.2) is 0 Å². The first-order chi connectivity index (χ1) is 8.69. The minimum absolute atomic E-state index is 0.259. The monoisotopic (exact) mass is 242 g/mol. The molecule has 1 amide bonds. The highest BCUT2D eigenvalue weighted by Gasteiger charge is 2.25. The smallest absolute Gasteiger partial charge is 0.223 e. The molecule has 3 nitrogen and oxygen atoms in total. The number of likely N-dealkylation sites (tertiary alicyclic amines) is 1. The zero-order valence-electron chi connectivity index (χ0n) is 10.6. The molecule has 2 N–H and O–H groups in total. The van der Waals surface area contributed by atoms with E-state index in [1.54, 1.807) is 0 Å². The predicted octanol–water partition coefficient (Wildman–Crippen LogP) is 1.37. The molecule has 18 heavy (non-hydrogen) atoms. The van der Waals surface area contributed by atoms with Crippen LogP contribution in [0.25, 0.3) is 0 Å². The summed E-state index contributed by atoms with van der Waals surface area (Å²) in [6.45, 7) is 4.06. The SMILES string of the molecule is CC1CC(=O)N(Cc2ccc(C#CCN)cc2)C1. The van der Waals surface area contributed by atoms with Gasteiger partial charge in [-0.2, -0.15) is 0 Å². The van der Waals surface area contributed by atoms with E-state index >= 15 is 0 Å². The third kappa shape index (κ3) is 3.12. The highest BCUT2D eigenvalue weighted by Crippen LogP contribution is 2.19. The minimum Gasteiger partial charge on any atom is -0.338 e. The Hall–Kier alpha value is -1.79. The average molecular weight is 242 g/mol. The molecule has 0 aromatic heterocycles. The number of amides is 1. The molecule has 94 valence electrons. The molecule has 0 bridgehead atoms. The van der Waals surface area contributed by atoms with Gasteiger partial charge in [0.25, 0.3) is 0 Å². The molecule has 1 aliphatic heterocycles. The van der Waals surface area contributed by atoms with Crippen molar-refractivity contribution in [3.8, 4) is 11.8 Å². The van der Waals surface area contributed by atoms with Gasteiger partial charge in [0, 0.05) is 25.1 Å². The maximum atomic E-state index is 11.7. The summed E-state index contributed by atoms with van der Waals surface area (Å²) >= 11 is 0. The van der Waals surface area contributed by atoms with Crippen LogP contribution in [0.5, 0.6) is 0 Å². The summed E-state index contributed by atoms with van der Waals surface area (Å²) in [5.74, 6) is 6.55. The zero-order chi connectivity index (χ0) is 13.0. The maximum Gasteiger partial charge on any atom is 0.223 e. The van der Waals surface area contributed by atoms with Crippen LogP contribution in [0.3, 0.4) is 0 Å². The quantitative estimate of drug-likeness (QED) is 0.796. The molecule has 3 heteroatoms. The zero-order valence-corrected chi connectivity index (χ0v) is 10.6. The van der Waals surface area contributed by atoms with Gasteiger partial charge in [-0.05, 0) is 23.6 Å². The molecule has 1 saturated heterocycles. The molecule has 1 aliphatic rings. The van der Waals surface area contributed by atoms with Gasteiger partial charge in [0.05, 0.1) is 6.54 Å². The third-order valence-electron chi connectivity index (χ3n) is 3.07. The predicted molar refractivity (Wildman–Crippen MR) is 71.6 cm³/mol. The first kappa shape index (κ1) is 12.7. The van der Waals surface area contributed by atoms with E-state index in [0.717, 1.165) is 17.7 Å². The Kier molecular flexibility index (Phi) is 4.01. The Morgan fingerprint density at radius 3 is 2.67 bits per heavy atom. The Bertz CT molecular complexity index is 481. The van der Waals surface area contributed by atoms with Crippen molar-refractivity contribution in [3.05, 3.63) is 35.4 Å². The summed E-state index contributed by atoms with van der Waals surface area (Å²) in [7, 11) is 0. The van der Waals surface area contributed by atoms with E-state index in [2.05, 4.69) is 18.8 Å². The number of carbonyl (C=O) groups is 1. The average Bonchev–Trinajstić information content (AvgIpc) is 2.67. The van der Waals surface area contributed by atoms with Crippen molar-refractivity contribution in [2.75, 3.05) is 13.1 Å². The van der Waals surface area contributed by atoms with Crippen molar-refractivity contribution in [2.24, 2.45) is 11.7 Å². The molecular formula is C15H18N2O. The Balaban J connectivity index is 2.00. The van der Waals surface area contributed by atoms with Gasteiger partial charge in [0.1, 0.15) is 0 Å². The molecule has 1 heterocycles. The van der Waals surface area contributed by atoms with Crippen LogP contribution in [0.15, 0.2) is 24.3 Å². The lowest BCUT2D eigenvalue weighted by Gasteiger charge is -2.16. The fourth-order valence-corrected chi connectivity index (χ4v) is 2.19. The number of benzene rings is 1. The van der Waals surface area contributed by atoms with Crippen molar-refractivity contribution >= 4 is 5.91 Å². The minimum atomic E-state index is 0.259. The van der Waals surface area contributed by atoms with Crippen LogP contribution in [-0.2, 0) is 11.3 Å². The lowest BCUT2D eigenvalue weighted by atomic mass is 10.1. The second-order valence-electron chi connectivity index (χ2n) is 4.79. The first-order valence-electron chi connectivity index (χ1n) is 6.24. The van der Waals surface area contributed by atoms with E-state index < -0.39 is 0 Å². The summed E-state index contributed by atoms with van der Waals surface area (Å²) in [5, 5.41) is 0. The summed E-state index contributed by atoms with van der Waals surface area (Å²) < 4.78 is 0. The molecule has 0 radical (unpaired) electrons. The van der Waals surface area contributed by atoms with Crippen molar-refractivity contribution < 1.29 is 4.79 Å². The first-order valence-corrected chi connectivity index (χ1v) is 6.24. The summed E-state index contributed by atoms with van der Waals surface area (Å²) in [6.07, 6.45) is 0.681. The van der Waals surface area contributed by atoms with Gasteiger partial charge in [-0.1, -0.05) is 30.9 Å². The van der Waals surface area contributed by atoms with Crippen molar-refractivity contribution in [1.29, 1.82) is 0 Å². The van der Waals surface area contributed by atoms with Crippen LogP contribution < -0.4 is 5.73 Å². The van der Waals surface area contributed by atoms with Crippen LogP contribution in [0.1, 0.15) is 24.5 Å². The lowest BCUT2D eigenvalue weighted by Crippen LogP contribution is -2.24. The van der Waals surface area contributed by atoms with Crippen LogP contribution in [0.4, 0.5) is 0 Å². The highest BCUT2D eigenvalue weighted by atomic mass is 16.2. The summed E-state index contributed by atoms with van der Waals surface area (Å²) in [6, 6.07) is 8.00. The second-order valence-corrected chi connectivity index (χ2v) is 4.79. The molecule has 1 fully saturated rings. The van der Waals surface area contributed by atoms with Gasteiger partial charge >= 0.3 is 0 Å². The summed E-state index contributed by atoms with van der Waals surface area (Å²) in [5.41, 5.74) is 7.44. The lowest BCUT2D eigenvalue weighted by molar-refractivity contribution is -0.128. The van der Waals surface area contributed by atoms with Crippen LogP contribution >= 0.6 is 0 Å².